The zero-order valence-electron chi connectivity index (χ0n) is 10.7. The van der Waals surface area contributed by atoms with Crippen LogP contribution in [0.15, 0.2) is 24.3 Å². The number of hydrogen-bond donors (Lipinski definition) is 1. The number of benzene rings is 1. The van der Waals surface area contributed by atoms with Crippen molar-refractivity contribution in [1.82, 2.24) is 10.2 Å². The first kappa shape index (κ1) is 12.9. The smallest absolute Gasteiger partial charge is 0.186 e. The Morgan fingerprint density at radius 1 is 1.37 bits per heavy atom. The summed E-state index contributed by atoms with van der Waals surface area (Å²) in [4.78, 5) is 0. The standard InChI is InChI=1S/C15H14N4/c1-3-7-11(4-2)17-15-12-8-5-6-9-13(12)18-19-14(15)10-16/h1,5-6,8-9,11H,4,7H2,2H3,(H,17,18). The Bertz CT molecular complexity index is 664. The first-order chi connectivity index (χ1) is 9.30. The average Bonchev–Trinajstić information content (AvgIpc) is 2.46. The number of aromatic nitrogens is 2. The van der Waals surface area contributed by atoms with Crippen LogP contribution in [0.25, 0.3) is 10.9 Å². The summed E-state index contributed by atoms with van der Waals surface area (Å²) in [6.45, 7) is 2.05. The van der Waals surface area contributed by atoms with Crippen molar-refractivity contribution >= 4 is 16.6 Å². The summed E-state index contributed by atoms with van der Waals surface area (Å²) in [7, 11) is 0. The van der Waals surface area contributed by atoms with Gasteiger partial charge in [0.05, 0.1) is 11.2 Å². The molecule has 1 unspecified atom stereocenters. The van der Waals surface area contributed by atoms with E-state index in [1.807, 2.05) is 24.3 Å². The Morgan fingerprint density at radius 2 is 2.16 bits per heavy atom. The number of nitrogens with one attached hydrogen (secondary N) is 1. The first-order valence-electron chi connectivity index (χ1n) is 6.15. The number of fused-ring (bicyclic) bond motifs is 1. The molecule has 4 heteroatoms. The zero-order valence-corrected chi connectivity index (χ0v) is 10.7. The lowest BCUT2D eigenvalue weighted by Gasteiger charge is -2.17. The van der Waals surface area contributed by atoms with Crippen LogP contribution in [0.2, 0.25) is 0 Å². The van der Waals surface area contributed by atoms with E-state index in [2.05, 4.69) is 34.4 Å². The topological polar surface area (TPSA) is 61.6 Å². The number of hydrogen-bond acceptors (Lipinski definition) is 4. The van der Waals surface area contributed by atoms with Gasteiger partial charge in [0.15, 0.2) is 5.69 Å². The van der Waals surface area contributed by atoms with Crippen LogP contribution in [0.3, 0.4) is 0 Å². The summed E-state index contributed by atoms with van der Waals surface area (Å²) >= 11 is 0. The van der Waals surface area contributed by atoms with Gasteiger partial charge in [-0.2, -0.15) is 5.26 Å². The molecule has 0 saturated carbocycles. The summed E-state index contributed by atoms with van der Waals surface area (Å²) in [5.74, 6) is 2.64. The lowest BCUT2D eigenvalue weighted by Crippen LogP contribution is -2.19. The molecule has 2 rings (SSSR count). The molecule has 0 amide bonds. The van der Waals surface area contributed by atoms with Gasteiger partial charge >= 0.3 is 0 Å². The molecule has 1 heterocycles. The predicted molar refractivity (Wildman–Crippen MR) is 75.4 cm³/mol. The maximum absolute atomic E-state index is 9.16. The number of terminal acetylenes is 1. The molecule has 1 aromatic carbocycles. The predicted octanol–water partition coefficient (Wildman–Crippen LogP) is 2.72. The van der Waals surface area contributed by atoms with Gasteiger partial charge < -0.3 is 5.32 Å². The second-order valence-electron chi connectivity index (χ2n) is 4.21. The molecule has 0 aliphatic rings. The normalized spacial score (nSPS) is 11.5. The van der Waals surface area contributed by atoms with Gasteiger partial charge in [-0.1, -0.05) is 25.1 Å². The molecule has 0 fully saturated rings. The molecular formula is C15H14N4. The maximum Gasteiger partial charge on any atom is 0.186 e. The van der Waals surface area contributed by atoms with Gasteiger partial charge in [-0.15, -0.1) is 22.5 Å². The van der Waals surface area contributed by atoms with Crippen LogP contribution < -0.4 is 5.32 Å². The Kier molecular flexibility index (Phi) is 3.95. The minimum Gasteiger partial charge on any atom is -0.378 e. The van der Waals surface area contributed by atoms with Crippen LogP contribution in [0, 0.1) is 23.7 Å². The second-order valence-corrected chi connectivity index (χ2v) is 4.21. The van der Waals surface area contributed by atoms with Crippen LogP contribution in [0.5, 0.6) is 0 Å². The van der Waals surface area contributed by atoms with E-state index in [-0.39, 0.29) is 6.04 Å². The Hall–Kier alpha value is -2.59. The molecule has 0 radical (unpaired) electrons. The minimum atomic E-state index is 0.129. The number of nitrogens with zero attached hydrogens (tertiary/aromatic N) is 3. The fourth-order valence-electron chi connectivity index (χ4n) is 1.92. The van der Waals surface area contributed by atoms with E-state index in [9.17, 15) is 0 Å². The van der Waals surface area contributed by atoms with Crippen LogP contribution >= 0.6 is 0 Å². The fourth-order valence-corrected chi connectivity index (χ4v) is 1.92. The van der Waals surface area contributed by atoms with Gasteiger partial charge in [0.25, 0.3) is 0 Å². The summed E-state index contributed by atoms with van der Waals surface area (Å²) in [5, 5.41) is 21.4. The van der Waals surface area contributed by atoms with Crippen LogP contribution in [0.4, 0.5) is 5.69 Å². The van der Waals surface area contributed by atoms with Crippen molar-refractivity contribution in [3.63, 3.8) is 0 Å². The monoisotopic (exact) mass is 250 g/mol. The van der Waals surface area contributed by atoms with E-state index in [1.165, 1.54) is 0 Å². The Balaban J connectivity index is 2.51. The molecule has 2 aromatic rings. The molecule has 1 N–H and O–H groups in total. The fraction of sp³-hybridized carbons (Fsp3) is 0.267. The molecule has 0 spiro atoms. The van der Waals surface area contributed by atoms with Crippen LogP contribution in [0.1, 0.15) is 25.5 Å². The average molecular weight is 250 g/mol. The number of nitriles is 1. The first-order valence-corrected chi connectivity index (χ1v) is 6.15. The maximum atomic E-state index is 9.16. The van der Waals surface area contributed by atoms with Crippen molar-refractivity contribution in [2.75, 3.05) is 5.32 Å². The SMILES string of the molecule is C#CCC(CC)Nc1c(C#N)nnc2ccccc12. The van der Waals surface area contributed by atoms with Gasteiger partial charge in [-0.25, -0.2) is 0 Å². The highest BCUT2D eigenvalue weighted by molar-refractivity contribution is 5.92. The molecule has 0 bridgehead atoms. The molecule has 4 nitrogen and oxygen atoms in total. The van der Waals surface area contributed by atoms with Crippen molar-refractivity contribution in [2.24, 2.45) is 0 Å². The molecule has 1 aromatic heterocycles. The highest BCUT2D eigenvalue weighted by Crippen LogP contribution is 2.25. The Labute approximate surface area is 112 Å². The van der Waals surface area contributed by atoms with Crippen molar-refractivity contribution < 1.29 is 0 Å². The highest BCUT2D eigenvalue weighted by atomic mass is 15.1. The van der Waals surface area contributed by atoms with Crippen LogP contribution in [-0.4, -0.2) is 16.2 Å². The van der Waals surface area contributed by atoms with Gasteiger partial charge in [0.1, 0.15) is 6.07 Å². The third-order valence-electron chi connectivity index (χ3n) is 2.98. The van der Waals surface area contributed by atoms with Gasteiger partial charge in [0, 0.05) is 17.8 Å². The van der Waals surface area contributed by atoms with Crippen LogP contribution in [-0.2, 0) is 0 Å². The number of anilines is 1. The van der Waals surface area contributed by atoms with E-state index in [0.29, 0.717) is 12.1 Å². The third kappa shape index (κ3) is 2.64. The molecule has 0 saturated heterocycles. The molecule has 0 aliphatic carbocycles. The minimum absolute atomic E-state index is 0.129. The van der Waals surface area contributed by atoms with Gasteiger partial charge in [-0.05, 0) is 12.5 Å². The van der Waals surface area contributed by atoms with Gasteiger partial charge in [-0.3, -0.25) is 0 Å². The summed E-state index contributed by atoms with van der Waals surface area (Å²) < 4.78 is 0. The Morgan fingerprint density at radius 3 is 2.84 bits per heavy atom. The van der Waals surface area contributed by atoms with Crippen molar-refractivity contribution in [3.05, 3.63) is 30.0 Å². The summed E-state index contributed by atoms with van der Waals surface area (Å²) in [6, 6.07) is 9.81. The molecule has 0 aliphatic heterocycles. The van der Waals surface area contributed by atoms with Crippen molar-refractivity contribution in [2.45, 2.75) is 25.8 Å². The van der Waals surface area contributed by atoms with Crippen molar-refractivity contribution in [1.29, 1.82) is 5.26 Å². The van der Waals surface area contributed by atoms with E-state index in [0.717, 1.165) is 23.0 Å². The lowest BCUT2D eigenvalue weighted by molar-refractivity contribution is 0.715. The molecule has 1 atom stereocenters. The summed E-state index contributed by atoms with van der Waals surface area (Å²) in [5.41, 5.74) is 1.78. The second kappa shape index (κ2) is 5.84. The molecule has 94 valence electrons. The largest absolute Gasteiger partial charge is 0.378 e. The molecule has 19 heavy (non-hydrogen) atoms. The van der Waals surface area contributed by atoms with E-state index in [4.69, 9.17) is 11.7 Å². The van der Waals surface area contributed by atoms with E-state index < -0.39 is 0 Å². The van der Waals surface area contributed by atoms with E-state index >= 15 is 0 Å². The van der Waals surface area contributed by atoms with E-state index in [1.54, 1.807) is 0 Å². The quantitative estimate of drug-likeness (QED) is 0.847. The molecular weight excluding hydrogens is 236 g/mol. The highest BCUT2D eigenvalue weighted by Gasteiger charge is 2.13. The lowest BCUT2D eigenvalue weighted by atomic mass is 10.1. The summed E-state index contributed by atoms with van der Waals surface area (Å²) in [6.07, 6.45) is 6.85. The number of rotatable bonds is 4. The zero-order chi connectivity index (χ0) is 13.7. The van der Waals surface area contributed by atoms with Gasteiger partial charge in [0.2, 0.25) is 0 Å². The van der Waals surface area contributed by atoms with Crippen molar-refractivity contribution in [3.8, 4) is 18.4 Å². The third-order valence-corrected chi connectivity index (χ3v) is 2.98.